The SMILES string of the molecule is Oc1c(Br)cccc1CNCC(O)c1ccncc1. The Morgan fingerprint density at radius 1 is 1.21 bits per heavy atom. The summed E-state index contributed by atoms with van der Waals surface area (Å²) in [6.07, 6.45) is 2.72. The van der Waals surface area contributed by atoms with Gasteiger partial charge in [0, 0.05) is 31.0 Å². The normalized spacial score (nSPS) is 12.3. The second-order valence-electron chi connectivity index (χ2n) is 4.17. The summed E-state index contributed by atoms with van der Waals surface area (Å²) in [4.78, 5) is 3.91. The first-order valence-corrected chi connectivity index (χ1v) is 6.73. The van der Waals surface area contributed by atoms with E-state index in [1.54, 1.807) is 30.6 Å². The number of hydrogen-bond acceptors (Lipinski definition) is 4. The third-order valence-corrected chi connectivity index (χ3v) is 3.45. The highest BCUT2D eigenvalue weighted by Gasteiger charge is 2.08. The van der Waals surface area contributed by atoms with Crippen LogP contribution in [0.4, 0.5) is 0 Å². The van der Waals surface area contributed by atoms with Crippen LogP contribution < -0.4 is 5.32 Å². The number of aromatic hydroxyl groups is 1. The lowest BCUT2D eigenvalue weighted by Crippen LogP contribution is -2.21. The summed E-state index contributed by atoms with van der Waals surface area (Å²) < 4.78 is 0.668. The van der Waals surface area contributed by atoms with Gasteiger partial charge in [-0.3, -0.25) is 4.98 Å². The first kappa shape index (κ1) is 14.0. The van der Waals surface area contributed by atoms with Crippen molar-refractivity contribution < 1.29 is 10.2 Å². The van der Waals surface area contributed by atoms with Gasteiger partial charge in [0.05, 0.1) is 10.6 Å². The number of pyridine rings is 1. The lowest BCUT2D eigenvalue weighted by atomic mass is 10.1. The van der Waals surface area contributed by atoms with Crippen molar-refractivity contribution >= 4 is 15.9 Å². The summed E-state index contributed by atoms with van der Waals surface area (Å²) in [5.74, 6) is 0.230. The summed E-state index contributed by atoms with van der Waals surface area (Å²) in [7, 11) is 0. The third-order valence-electron chi connectivity index (χ3n) is 2.81. The Morgan fingerprint density at radius 2 is 1.95 bits per heavy atom. The van der Waals surface area contributed by atoms with Gasteiger partial charge >= 0.3 is 0 Å². The van der Waals surface area contributed by atoms with Crippen LogP contribution in [0.3, 0.4) is 0 Å². The van der Waals surface area contributed by atoms with E-state index in [0.717, 1.165) is 11.1 Å². The Morgan fingerprint density at radius 3 is 2.68 bits per heavy atom. The Labute approximate surface area is 120 Å². The highest BCUT2D eigenvalue weighted by atomic mass is 79.9. The Kier molecular flexibility index (Phi) is 4.90. The van der Waals surface area contributed by atoms with Gasteiger partial charge in [-0.25, -0.2) is 0 Å². The number of aliphatic hydroxyl groups excluding tert-OH is 1. The van der Waals surface area contributed by atoms with Crippen molar-refractivity contribution in [3.8, 4) is 5.75 Å². The zero-order valence-corrected chi connectivity index (χ0v) is 11.8. The molecule has 0 amide bonds. The molecule has 1 unspecified atom stereocenters. The fourth-order valence-electron chi connectivity index (χ4n) is 1.75. The fourth-order valence-corrected chi connectivity index (χ4v) is 2.16. The van der Waals surface area contributed by atoms with Gasteiger partial charge in [-0.1, -0.05) is 12.1 Å². The minimum atomic E-state index is -0.586. The molecule has 0 radical (unpaired) electrons. The van der Waals surface area contributed by atoms with Gasteiger partial charge in [-0.15, -0.1) is 0 Å². The molecule has 0 aliphatic rings. The lowest BCUT2D eigenvalue weighted by molar-refractivity contribution is 0.174. The average molecular weight is 323 g/mol. The van der Waals surface area contributed by atoms with Crippen molar-refractivity contribution in [1.29, 1.82) is 0 Å². The van der Waals surface area contributed by atoms with Gasteiger partial charge < -0.3 is 15.5 Å². The van der Waals surface area contributed by atoms with Crippen molar-refractivity contribution in [2.75, 3.05) is 6.54 Å². The molecule has 0 aliphatic heterocycles. The van der Waals surface area contributed by atoms with Crippen LogP contribution in [-0.2, 0) is 6.54 Å². The number of benzene rings is 1. The molecule has 0 aliphatic carbocycles. The van der Waals surface area contributed by atoms with Crippen LogP contribution in [0.2, 0.25) is 0 Å². The van der Waals surface area contributed by atoms with E-state index in [9.17, 15) is 10.2 Å². The maximum atomic E-state index is 9.96. The number of halogens is 1. The maximum Gasteiger partial charge on any atom is 0.134 e. The topological polar surface area (TPSA) is 65.4 Å². The minimum Gasteiger partial charge on any atom is -0.506 e. The van der Waals surface area contributed by atoms with Gasteiger partial charge in [0.15, 0.2) is 0 Å². The smallest absolute Gasteiger partial charge is 0.134 e. The number of nitrogens with one attached hydrogen (secondary N) is 1. The van der Waals surface area contributed by atoms with Crippen LogP contribution in [-0.4, -0.2) is 21.7 Å². The number of phenolic OH excluding ortho intramolecular Hbond substituents is 1. The molecule has 3 N–H and O–H groups in total. The van der Waals surface area contributed by atoms with E-state index < -0.39 is 6.10 Å². The monoisotopic (exact) mass is 322 g/mol. The molecule has 0 bridgehead atoms. The summed E-state index contributed by atoms with van der Waals surface area (Å²) >= 11 is 3.27. The number of aliphatic hydroxyl groups is 1. The van der Waals surface area contributed by atoms with Crippen LogP contribution in [0.25, 0.3) is 0 Å². The fraction of sp³-hybridized carbons (Fsp3) is 0.214. The van der Waals surface area contributed by atoms with E-state index in [0.29, 0.717) is 17.6 Å². The molecular weight excluding hydrogens is 308 g/mol. The molecule has 2 rings (SSSR count). The molecule has 1 heterocycles. The van der Waals surface area contributed by atoms with E-state index in [-0.39, 0.29) is 5.75 Å². The Balaban J connectivity index is 1.88. The van der Waals surface area contributed by atoms with E-state index in [1.165, 1.54) is 0 Å². The molecule has 1 atom stereocenters. The molecule has 19 heavy (non-hydrogen) atoms. The highest BCUT2D eigenvalue weighted by molar-refractivity contribution is 9.10. The lowest BCUT2D eigenvalue weighted by Gasteiger charge is -2.12. The summed E-state index contributed by atoms with van der Waals surface area (Å²) in [6.45, 7) is 0.906. The number of aromatic nitrogens is 1. The second kappa shape index (κ2) is 6.65. The van der Waals surface area contributed by atoms with Gasteiger partial charge in [-0.05, 0) is 39.7 Å². The molecule has 1 aromatic heterocycles. The maximum absolute atomic E-state index is 9.96. The second-order valence-corrected chi connectivity index (χ2v) is 5.03. The third kappa shape index (κ3) is 3.76. The first-order chi connectivity index (χ1) is 9.18. The van der Waals surface area contributed by atoms with Crippen molar-refractivity contribution in [3.63, 3.8) is 0 Å². The molecule has 2 aromatic rings. The zero-order chi connectivity index (χ0) is 13.7. The van der Waals surface area contributed by atoms with Crippen LogP contribution in [0.5, 0.6) is 5.75 Å². The van der Waals surface area contributed by atoms with Crippen LogP contribution in [0, 0.1) is 0 Å². The van der Waals surface area contributed by atoms with Crippen LogP contribution >= 0.6 is 15.9 Å². The quantitative estimate of drug-likeness (QED) is 0.790. The molecule has 4 nitrogen and oxygen atoms in total. The van der Waals surface area contributed by atoms with Crippen LogP contribution in [0.1, 0.15) is 17.2 Å². The molecule has 0 saturated heterocycles. The number of hydrogen-bond donors (Lipinski definition) is 3. The average Bonchev–Trinajstić information content (AvgIpc) is 2.44. The van der Waals surface area contributed by atoms with Crippen molar-refractivity contribution in [3.05, 3.63) is 58.3 Å². The van der Waals surface area contributed by atoms with Crippen molar-refractivity contribution in [2.45, 2.75) is 12.6 Å². The number of para-hydroxylation sites is 1. The molecule has 0 spiro atoms. The van der Waals surface area contributed by atoms with E-state index in [2.05, 4.69) is 26.2 Å². The molecule has 1 aromatic carbocycles. The molecule has 100 valence electrons. The van der Waals surface area contributed by atoms with Gasteiger partial charge in [0.1, 0.15) is 5.75 Å². The van der Waals surface area contributed by atoms with E-state index in [4.69, 9.17) is 0 Å². The van der Waals surface area contributed by atoms with E-state index >= 15 is 0 Å². The predicted molar refractivity (Wildman–Crippen MR) is 76.7 cm³/mol. The summed E-state index contributed by atoms with van der Waals surface area (Å²) in [5.41, 5.74) is 1.61. The standard InChI is InChI=1S/C14H15BrN2O2/c15-12-3-1-2-11(14(12)19)8-17-9-13(18)10-4-6-16-7-5-10/h1-7,13,17-19H,8-9H2. The highest BCUT2D eigenvalue weighted by Crippen LogP contribution is 2.27. The Hall–Kier alpha value is -1.43. The Bertz CT molecular complexity index is 534. The number of nitrogens with zero attached hydrogens (tertiary/aromatic N) is 1. The van der Waals surface area contributed by atoms with Gasteiger partial charge in [0.2, 0.25) is 0 Å². The molecule has 0 saturated carbocycles. The molecule has 0 fully saturated rings. The van der Waals surface area contributed by atoms with Gasteiger partial charge in [0.25, 0.3) is 0 Å². The summed E-state index contributed by atoms with van der Waals surface area (Å²) in [5, 5.41) is 22.9. The molecular formula is C14H15BrN2O2. The van der Waals surface area contributed by atoms with Crippen molar-refractivity contribution in [1.82, 2.24) is 10.3 Å². The largest absolute Gasteiger partial charge is 0.506 e. The summed E-state index contributed by atoms with van der Waals surface area (Å²) in [6, 6.07) is 9.04. The van der Waals surface area contributed by atoms with E-state index in [1.807, 2.05) is 12.1 Å². The number of rotatable bonds is 5. The van der Waals surface area contributed by atoms with Crippen LogP contribution in [0.15, 0.2) is 47.2 Å². The minimum absolute atomic E-state index is 0.230. The zero-order valence-electron chi connectivity index (χ0n) is 10.3. The van der Waals surface area contributed by atoms with Gasteiger partial charge in [-0.2, -0.15) is 0 Å². The molecule has 5 heteroatoms. The number of phenols is 1. The van der Waals surface area contributed by atoms with Crippen molar-refractivity contribution in [2.24, 2.45) is 0 Å². The predicted octanol–water partition coefficient (Wildman–Crippen LogP) is 2.37. The first-order valence-electron chi connectivity index (χ1n) is 5.93.